The Hall–Kier alpha value is 3.46. The van der Waals surface area contributed by atoms with Crippen LogP contribution in [0.5, 0.6) is 0 Å². The molecule has 0 saturated heterocycles. The van der Waals surface area contributed by atoms with Crippen molar-refractivity contribution in [3.05, 3.63) is 0 Å². The van der Waals surface area contributed by atoms with Crippen LogP contribution in [0.4, 0.5) is 0 Å². The summed E-state index contributed by atoms with van der Waals surface area (Å²) >= 11 is 7.06. The zero-order valence-corrected chi connectivity index (χ0v) is 9.95. The zero-order valence-electron chi connectivity index (χ0n) is 1.45. The Labute approximate surface area is 58.4 Å². The second kappa shape index (κ2) is 4.62. The molecule has 0 nitrogen and oxygen atoms in total. The van der Waals surface area contributed by atoms with Crippen molar-refractivity contribution >= 4 is 44.7 Å². The van der Waals surface area contributed by atoms with E-state index in [9.17, 15) is 0 Å². The first kappa shape index (κ1) is 7.46. The molecule has 0 fully saturated rings. The number of rotatable bonds is 0. The predicted molar refractivity (Wildman–Crippen MR) is 42.1 cm³/mol. The van der Waals surface area contributed by atoms with Crippen LogP contribution in [0.25, 0.3) is 0 Å². The van der Waals surface area contributed by atoms with E-state index in [0.717, 1.165) is 0 Å². The van der Waals surface area contributed by atoms with Crippen molar-refractivity contribution in [1.29, 1.82) is 0 Å². The van der Waals surface area contributed by atoms with Gasteiger partial charge in [0.15, 0.2) is 0 Å². The van der Waals surface area contributed by atoms with Gasteiger partial charge in [-0.3, -0.25) is 0 Å². The molecule has 0 aromatic rings. The summed E-state index contributed by atoms with van der Waals surface area (Å²) in [6, 6.07) is 0. The summed E-state index contributed by atoms with van der Waals surface area (Å²) in [5.41, 5.74) is 0. The summed E-state index contributed by atoms with van der Waals surface area (Å²) in [7, 11) is 0. The van der Waals surface area contributed by atoms with E-state index >= 15 is 0 Å². The molecule has 4 heavy (non-hydrogen) atoms. The van der Waals surface area contributed by atoms with E-state index < -0.39 is 0 Å². The van der Waals surface area contributed by atoms with E-state index in [1.807, 2.05) is 0 Å². The van der Waals surface area contributed by atoms with Gasteiger partial charge in [-0.2, -0.15) is 0 Å². The molecule has 0 aromatic heterocycles. The summed E-state index contributed by atoms with van der Waals surface area (Å²) in [6.45, 7) is 0. The fraction of sp³-hybridized carbons (Fsp3) is 0. The standard InChI is InChI=1S/Dy.3HI/h;3*1H/q+3;;;/p-3. The van der Waals surface area contributed by atoms with Gasteiger partial charge in [-0.1, -0.05) is 0 Å². The van der Waals surface area contributed by atoms with E-state index in [1.54, 1.807) is 0 Å². The van der Waals surface area contributed by atoms with Gasteiger partial charge in [-0.15, -0.1) is 0 Å². The first-order valence-electron chi connectivity index (χ1n) is 0.359. The van der Waals surface area contributed by atoms with Gasteiger partial charge in [-0.25, -0.2) is 0 Å². The van der Waals surface area contributed by atoms with E-state index in [4.69, 9.17) is 0 Å². The summed E-state index contributed by atoms with van der Waals surface area (Å²) < 4.78 is 0. The van der Waals surface area contributed by atoms with E-state index in [2.05, 4.69) is 44.7 Å². The van der Waals surface area contributed by atoms with Gasteiger partial charge in [0.05, 0.1) is 0 Å². The molecule has 0 atom stereocenters. The van der Waals surface area contributed by atoms with Gasteiger partial charge in [0.25, 0.3) is 0 Å². The van der Waals surface area contributed by atoms with Crippen LogP contribution >= 0.6 is 44.7 Å². The van der Waals surface area contributed by atoms with Crippen molar-refractivity contribution in [2.45, 2.75) is 0 Å². The third kappa shape index (κ3) is 9.07. The van der Waals surface area contributed by atoms with Crippen molar-refractivity contribution in [1.82, 2.24) is 0 Å². The molecule has 0 unspecified atom stereocenters. The maximum atomic E-state index is 2.47. The molecule has 0 N–H and O–H groups in total. The number of hydrogen-bond donors (Lipinski definition) is 0. The molecular weight excluding hydrogens is 543 g/mol. The van der Waals surface area contributed by atoms with Crippen molar-refractivity contribution in [2.75, 3.05) is 0 Å². The Kier molecular flexibility index (Phi) is 8.61. The minimum atomic E-state index is -0.359. The Morgan fingerprint density at radius 1 is 1.00 bits per heavy atom. The Morgan fingerprint density at radius 2 is 1.00 bits per heavy atom. The van der Waals surface area contributed by atoms with Gasteiger partial charge in [0.1, 0.15) is 0 Å². The number of hydrogen-bond acceptors (Lipinski definition) is 0. The quantitative estimate of drug-likeness (QED) is 0.413. The van der Waals surface area contributed by atoms with Crippen LogP contribution < -0.4 is 0 Å². The van der Waals surface area contributed by atoms with E-state index in [-0.39, 0.29) is 16.6 Å². The number of halogens is 3. The predicted octanol–water partition coefficient (Wildman–Crippen LogP) is 2.66. The SMILES string of the molecule is [I][Dy]([I])[I]. The molecule has 0 rings (SSSR count). The van der Waals surface area contributed by atoms with Crippen LogP contribution in [0.3, 0.4) is 0 Å². The third-order valence-corrected chi connectivity index (χ3v) is 0. The van der Waals surface area contributed by atoms with Crippen LogP contribution in [0, 0.1) is 16.6 Å². The first-order valence-corrected chi connectivity index (χ1v) is 17.8. The average Bonchev–Trinajstić information content (AvgIpc) is 0.811. The van der Waals surface area contributed by atoms with Gasteiger partial charge < -0.3 is 0 Å². The minimum absolute atomic E-state index is 0.359. The molecule has 31 valence electrons. The Morgan fingerprint density at radius 3 is 1.00 bits per heavy atom. The van der Waals surface area contributed by atoms with Crippen LogP contribution in [0.2, 0.25) is 0 Å². The molecule has 4 heteroatoms. The molecule has 0 aliphatic heterocycles. The monoisotopic (exact) mass is 545 g/mol. The third-order valence-electron chi connectivity index (χ3n) is 0. The Balaban J connectivity index is 2.32. The van der Waals surface area contributed by atoms with E-state index in [1.165, 1.54) is 0 Å². The summed E-state index contributed by atoms with van der Waals surface area (Å²) in [4.78, 5) is 0. The first-order chi connectivity index (χ1) is 1.73. The summed E-state index contributed by atoms with van der Waals surface area (Å²) in [6.07, 6.45) is 0. The topological polar surface area (TPSA) is 0 Å². The van der Waals surface area contributed by atoms with Crippen LogP contribution in [0.15, 0.2) is 0 Å². The van der Waals surface area contributed by atoms with E-state index in [0.29, 0.717) is 0 Å². The summed E-state index contributed by atoms with van der Waals surface area (Å²) in [5, 5.41) is 0. The normalized spacial score (nSPS) is 11.2. The van der Waals surface area contributed by atoms with Crippen LogP contribution in [0.1, 0.15) is 0 Å². The average molecular weight is 543 g/mol. The van der Waals surface area contributed by atoms with Gasteiger partial charge in [0.2, 0.25) is 0 Å². The molecular formula is DyI3. The second-order valence-electron chi connectivity index (χ2n) is 0.136. The van der Waals surface area contributed by atoms with Gasteiger partial charge >= 0.3 is 61.2 Å². The molecule has 0 heterocycles. The second-order valence-corrected chi connectivity index (χ2v) is 45.2. The molecule has 0 saturated carbocycles. The van der Waals surface area contributed by atoms with Crippen molar-refractivity contribution < 1.29 is 16.6 Å². The van der Waals surface area contributed by atoms with Crippen LogP contribution in [-0.4, -0.2) is 0 Å². The van der Waals surface area contributed by atoms with Crippen LogP contribution in [-0.2, 0) is 0 Å². The van der Waals surface area contributed by atoms with Gasteiger partial charge in [0, 0.05) is 0 Å². The molecule has 0 radical (unpaired) electrons. The van der Waals surface area contributed by atoms with Crippen molar-refractivity contribution in [2.24, 2.45) is 0 Å². The fourth-order valence-corrected chi connectivity index (χ4v) is 0. The van der Waals surface area contributed by atoms with Crippen molar-refractivity contribution in [3.63, 3.8) is 0 Å². The fourth-order valence-electron chi connectivity index (χ4n) is 0. The summed E-state index contributed by atoms with van der Waals surface area (Å²) in [5.74, 6) is 0. The van der Waals surface area contributed by atoms with Gasteiger partial charge in [-0.05, 0) is 0 Å². The maximum absolute atomic E-state index is 2.47. The molecule has 0 aliphatic rings. The Bertz CT molecular complexity index is 8.00. The van der Waals surface area contributed by atoms with Crippen molar-refractivity contribution in [3.8, 4) is 0 Å². The molecule has 0 bridgehead atoms. The zero-order chi connectivity index (χ0) is 3.58. The molecule has 0 amide bonds. The molecule has 0 aliphatic carbocycles. The molecule has 0 spiro atoms. The molecule has 0 aromatic carbocycles.